The molecule has 31 heavy (non-hydrogen) atoms. The third-order valence-electron chi connectivity index (χ3n) is 6.05. The van der Waals surface area contributed by atoms with E-state index in [0.29, 0.717) is 25.6 Å². The fourth-order valence-corrected chi connectivity index (χ4v) is 4.23. The average molecular weight is 423 g/mol. The predicted octanol–water partition coefficient (Wildman–Crippen LogP) is 4.45. The molecule has 164 valence electrons. The molecule has 4 rings (SSSR count). The van der Waals surface area contributed by atoms with Gasteiger partial charge >= 0.3 is 12.1 Å². The molecule has 0 atom stereocenters. The van der Waals surface area contributed by atoms with Gasteiger partial charge in [0.2, 0.25) is 0 Å². The van der Waals surface area contributed by atoms with Crippen molar-refractivity contribution in [3.8, 4) is 0 Å². The highest BCUT2D eigenvalue weighted by Crippen LogP contribution is 2.29. The van der Waals surface area contributed by atoms with E-state index in [4.69, 9.17) is 0 Å². The van der Waals surface area contributed by atoms with E-state index in [1.165, 1.54) is 16.0 Å². The van der Waals surface area contributed by atoms with Gasteiger partial charge in [-0.3, -0.25) is 0 Å². The fourth-order valence-electron chi connectivity index (χ4n) is 4.23. The van der Waals surface area contributed by atoms with Gasteiger partial charge in [-0.05, 0) is 56.2 Å². The van der Waals surface area contributed by atoms with E-state index in [9.17, 15) is 14.7 Å². The highest BCUT2D eigenvalue weighted by atomic mass is 16.4. The summed E-state index contributed by atoms with van der Waals surface area (Å²) < 4.78 is 0. The van der Waals surface area contributed by atoms with Gasteiger partial charge in [0.15, 0.2) is 0 Å². The zero-order valence-electron chi connectivity index (χ0n) is 18.3. The molecule has 2 aliphatic rings. The lowest BCUT2D eigenvalue weighted by atomic mass is 9.96. The number of carbonyl (C=O) groups excluding carboxylic acids is 1. The minimum Gasteiger partial charge on any atom is -0.465 e. The van der Waals surface area contributed by atoms with Crippen molar-refractivity contribution in [3.05, 3.63) is 59.7 Å². The SMILES string of the molecule is CC(C)(C)N(CC1CN(c2ccc(NC(=O)N3Cc4ccccc4C3)cc2)C1)C(=O)O. The summed E-state index contributed by atoms with van der Waals surface area (Å²) in [6, 6.07) is 15.9. The molecule has 1 saturated heterocycles. The Morgan fingerprint density at radius 3 is 2.13 bits per heavy atom. The van der Waals surface area contributed by atoms with Crippen LogP contribution in [0.4, 0.5) is 21.0 Å². The average Bonchev–Trinajstić information content (AvgIpc) is 3.11. The molecule has 2 aliphatic heterocycles. The Balaban J connectivity index is 1.28. The largest absolute Gasteiger partial charge is 0.465 e. The number of fused-ring (bicyclic) bond motifs is 1. The molecule has 0 aliphatic carbocycles. The topological polar surface area (TPSA) is 76.1 Å². The number of nitrogens with one attached hydrogen (secondary N) is 1. The molecule has 0 spiro atoms. The minimum absolute atomic E-state index is 0.0936. The van der Waals surface area contributed by atoms with E-state index in [1.54, 1.807) is 0 Å². The number of anilines is 2. The number of amides is 3. The van der Waals surface area contributed by atoms with E-state index in [-0.39, 0.29) is 6.03 Å². The van der Waals surface area contributed by atoms with E-state index in [0.717, 1.165) is 24.5 Å². The van der Waals surface area contributed by atoms with Crippen LogP contribution < -0.4 is 10.2 Å². The molecule has 3 amide bonds. The zero-order valence-corrected chi connectivity index (χ0v) is 18.3. The first kappa shape index (κ1) is 21.0. The summed E-state index contributed by atoms with van der Waals surface area (Å²) in [4.78, 5) is 29.7. The Morgan fingerprint density at radius 1 is 1.03 bits per heavy atom. The van der Waals surface area contributed by atoms with Crippen molar-refractivity contribution in [2.24, 2.45) is 5.92 Å². The number of rotatable bonds is 4. The Morgan fingerprint density at radius 2 is 1.61 bits per heavy atom. The molecule has 0 bridgehead atoms. The molecule has 0 radical (unpaired) electrons. The second kappa shape index (κ2) is 8.13. The van der Waals surface area contributed by atoms with Gasteiger partial charge in [0.05, 0.1) is 0 Å². The third kappa shape index (κ3) is 4.60. The Labute approximate surface area is 183 Å². The van der Waals surface area contributed by atoms with Crippen molar-refractivity contribution in [1.29, 1.82) is 0 Å². The zero-order chi connectivity index (χ0) is 22.2. The molecule has 2 heterocycles. The Bertz CT molecular complexity index is 937. The number of urea groups is 1. The van der Waals surface area contributed by atoms with Crippen LogP contribution >= 0.6 is 0 Å². The van der Waals surface area contributed by atoms with Crippen LogP contribution in [0.3, 0.4) is 0 Å². The van der Waals surface area contributed by atoms with Crippen molar-refractivity contribution in [2.45, 2.75) is 39.4 Å². The number of hydrogen-bond donors (Lipinski definition) is 2. The van der Waals surface area contributed by atoms with Crippen LogP contribution in [0, 0.1) is 5.92 Å². The van der Waals surface area contributed by atoms with Crippen molar-refractivity contribution in [3.63, 3.8) is 0 Å². The molecular weight excluding hydrogens is 392 g/mol. The van der Waals surface area contributed by atoms with E-state index >= 15 is 0 Å². The van der Waals surface area contributed by atoms with Gasteiger partial charge in [0, 0.05) is 55.6 Å². The maximum Gasteiger partial charge on any atom is 0.407 e. The van der Waals surface area contributed by atoms with Crippen LogP contribution in [-0.2, 0) is 13.1 Å². The summed E-state index contributed by atoms with van der Waals surface area (Å²) in [5.41, 5.74) is 3.86. The van der Waals surface area contributed by atoms with Crippen LogP contribution in [0.15, 0.2) is 48.5 Å². The van der Waals surface area contributed by atoms with Gasteiger partial charge in [0.25, 0.3) is 0 Å². The quantitative estimate of drug-likeness (QED) is 0.763. The van der Waals surface area contributed by atoms with E-state index < -0.39 is 11.6 Å². The monoisotopic (exact) mass is 422 g/mol. The minimum atomic E-state index is -0.868. The smallest absolute Gasteiger partial charge is 0.407 e. The first-order chi connectivity index (χ1) is 14.7. The van der Waals surface area contributed by atoms with Crippen LogP contribution in [0.1, 0.15) is 31.9 Å². The van der Waals surface area contributed by atoms with Gasteiger partial charge in [-0.1, -0.05) is 24.3 Å². The molecule has 7 nitrogen and oxygen atoms in total. The Kier molecular flexibility index (Phi) is 5.52. The summed E-state index contributed by atoms with van der Waals surface area (Å²) in [7, 11) is 0. The van der Waals surface area contributed by atoms with Gasteiger partial charge in [-0.25, -0.2) is 9.59 Å². The highest BCUT2D eigenvalue weighted by Gasteiger charge is 2.34. The van der Waals surface area contributed by atoms with Crippen LogP contribution in [-0.4, -0.2) is 52.2 Å². The van der Waals surface area contributed by atoms with Gasteiger partial charge in [-0.2, -0.15) is 0 Å². The molecule has 2 aromatic carbocycles. The van der Waals surface area contributed by atoms with E-state index in [2.05, 4.69) is 22.3 Å². The molecule has 1 fully saturated rings. The Hall–Kier alpha value is -3.22. The highest BCUT2D eigenvalue weighted by molar-refractivity contribution is 5.90. The number of carboxylic acid groups (broad SMARTS) is 1. The molecule has 0 saturated carbocycles. The first-order valence-corrected chi connectivity index (χ1v) is 10.7. The summed E-state index contributed by atoms with van der Waals surface area (Å²) in [5, 5.41) is 12.4. The second-order valence-electron chi connectivity index (χ2n) is 9.44. The lowest BCUT2D eigenvalue weighted by Crippen LogP contribution is -2.56. The number of carbonyl (C=O) groups is 2. The third-order valence-corrected chi connectivity index (χ3v) is 6.05. The molecule has 2 aromatic rings. The first-order valence-electron chi connectivity index (χ1n) is 10.7. The normalized spacial score (nSPS) is 16.0. The lowest BCUT2D eigenvalue weighted by molar-refractivity contribution is 0.0846. The number of hydrogen-bond acceptors (Lipinski definition) is 3. The lowest BCUT2D eigenvalue weighted by Gasteiger charge is -2.45. The van der Waals surface area contributed by atoms with E-state index in [1.807, 2.05) is 62.1 Å². The standard InChI is InChI=1S/C24H30N4O3/c1-24(2,3)28(23(30)31)14-17-12-26(13-17)21-10-8-20(9-11-21)25-22(29)27-15-18-6-4-5-7-19(18)16-27/h4-11,17H,12-16H2,1-3H3,(H,25,29)(H,30,31). The summed E-state index contributed by atoms with van der Waals surface area (Å²) >= 11 is 0. The summed E-state index contributed by atoms with van der Waals surface area (Å²) in [6.07, 6.45) is -0.868. The molecule has 7 heteroatoms. The molecule has 0 aromatic heterocycles. The van der Waals surface area contributed by atoms with Crippen molar-refractivity contribution in [2.75, 3.05) is 29.9 Å². The van der Waals surface area contributed by atoms with Crippen molar-refractivity contribution in [1.82, 2.24) is 9.80 Å². The maximum atomic E-state index is 12.6. The fraction of sp³-hybridized carbons (Fsp3) is 0.417. The second-order valence-corrected chi connectivity index (χ2v) is 9.44. The van der Waals surface area contributed by atoms with Crippen LogP contribution in [0.5, 0.6) is 0 Å². The van der Waals surface area contributed by atoms with Crippen LogP contribution in [0.2, 0.25) is 0 Å². The van der Waals surface area contributed by atoms with Crippen molar-refractivity contribution < 1.29 is 14.7 Å². The van der Waals surface area contributed by atoms with Crippen LogP contribution in [0.25, 0.3) is 0 Å². The number of nitrogens with zero attached hydrogens (tertiary/aromatic N) is 3. The molecule has 0 unspecified atom stereocenters. The van der Waals surface area contributed by atoms with Gasteiger partial charge in [-0.15, -0.1) is 0 Å². The number of benzene rings is 2. The van der Waals surface area contributed by atoms with Gasteiger partial charge in [0.1, 0.15) is 0 Å². The molecule has 2 N–H and O–H groups in total. The molecular formula is C24H30N4O3. The summed E-state index contributed by atoms with van der Waals surface area (Å²) in [6.45, 7) is 9.24. The predicted molar refractivity (Wildman–Crippen MR) is 121 cm³/mol. The summed E-state index contributed by atoms with van der Waals surface area (Å²) in [5.74, 6) is 0.325. The maximum absolute atomic E-state index is 12.6. The van der Waals surface area contributed by atoms with Gasteiger partial charge < -0.3 is 25.1 Å². The van der Waals surface area contributed by atoms with Crippen molar-refractivity contribution >= 4 is 23.5 Å².